The molecule has 0 unspecified atom stereocenters. The zero-order valence-corrected chi connectivity index (χ0v) is 12.2. The summed E-state index contributed by atoms with van der Waals surface area (Å²) in [6, 6.07) is 5.94. The van der Waals surface area contributed by atoms with Gasteiger partial charge in [0.2, 0.25) is 11.8 Å². The topological polar surface area (TPSA) is 49.4 Å². The number of carbonyl (C=O) groups excluding carboxylic acids is 2. The van der Waals surface area contributed by atoms with Gasteiger partial charge < -0.3 is 10.2 Å². The maximum atomic E-state index is 12.1. The Morgan fingerprint density at radius 2 is 1.85 bits per heavy atom. The molecule has 2 amide bonds. The molecule has 2 rings (SSSR count). The van der Waals surface area contributed by atoms with Crippen LogP contribution in [0.4, 0.5) is 5.69 Å². The van der Waals surface area contributed by atoms with Crippen LogP contribution in [0.3, 0.4) is 0 Å². The third-order valence-corrected chi connectivity index (χ3v) is 3.51. The minimum Gasteiger partial charge on any atom is -0.333 e. The number of hydrogen-bond acceptors (Lipinski definition) is 2. The highest BCUT2D eigenvalue weighted by Crippen LogP contribution is 2.15. The van der Waals surface area contributed by atoms with Gasteiger partial charge in [-0.3, -0.25) is 9.59 Å². The van der Waals surface area contributed by atoms with E-state index < -0.39 is 0 Å². The van der Waals surface area contributed by atoms with Crippen molar-refractivity contribution in [2.75, 3.05) is 18.4 Å². The predicted octanol–water partition coefficient (Wildman–Crippen LogP) is 2.64. The lowest BCUT2D eigenvalue weighted by Gasteiger charge is -2.20. The van der Waals surface area contributed by atoms with Crippen LogP contribution in [0, 0.1) is 13.8 Å². The van der Waals surface area contributed by atoms with Crippen molar-refractivity contribution < 1.29 is 9.59 Å². The van der Waals surface area contributed by atoms with E-state index in [0.717, 1.165) is 36.1 Å². The molecule has 0 spiro atoms. The lowest BCUT2D eigenvalue weighted by Crippen LogP contribution is -2.37. The zero-order valence-electron chi connectivity index (χ0n) is 12.2. The Morgan fingerprint density at radius 1 is 1.15 bits per heavy atom. The lowest BCUT2D eigenvalue weighted by molar-refractivity contribution is -0.134. The molecule has 1 aliphatic heterocycles. The van der Waals surface area contributed by atoms with Crippen molar-refractivity contribution in [3.05, 3.63) is 29.3 Å². The van der Waals surface area contributed by atoms with E-state index in [0.29, 0.717) is 13.0 Å². The minimum absolute atomic E-state index is 0.0954. The molecule has 1 N–H and O–H groups in total. The summed E-state index contributed by atoms with van der Waals surface area (Å²) >= 11 is 0. The molecule has 0 atom stereocenters. The first-order valence-corrected chi connectivity index (χ1v) is 7.20. The van der Waals surface area contributed by atoms with Crippen molar-refractivity contribution in [2.45, 2.75) is 39.5 Å². The van der Waals surface area contributed by atoms with Crippen LogP contribution in [0.1, 0.15) is 36.8 Å². The van der Waals surface area contributed by atoms with Crippen molar-refractivity contribution in [3.63, 3.8) is 0 Å². The Bertz CT molecular complexity index is 491. The second kappa shape index (κ2) is 6.55. The number of aryl methyl sites for hydroxylation is 2. The molecular formula is C16H22N2O2. The molecule has 4 nitrogen and oxygen atoms in total. The van der Waals surface area contributed by atoms with Gasteiger partial charge in [0.15, 0.2) is 0 Å². The van der Waals surface area contributed by atoms with E-state index in [1.807, 2.05) is 26.0 Å². The third-order valence-electron chi connectivity index (χ3n) is 3.51. The van der Waals surface area contributed by atoms with Crippen LogP contribution in [-0.4, -0.2) is 29.8 Å². The molecular weight excluding hydrogens is 252 g/mol. The van der Waals surface area contributed by atoms with Crippen LogP contribution < -0.4 is 5.32 Å². The molecule has 0 bridgehead atoms. The van der Waals surface area contributed by atoms with Crippen LogP contribution in [0.15, 0.2) is 18.2 Å². The fourth-order valence-corrected chi connectivity index (χ4v) is 2.63. The summed E-state index contributed by atoms with van der Waals surface area (Å²) in [6.45, 7) is 4.85. The lowest BCUT2D eigenvalue weighted by atomic mass is 10.1. The normalized spacial score (nSPS) is 15.9. The van der Waals surface area contributed by atoms with E-state index in [1.54, 1.807) is 4.90 Å². The van der Waals surface area contributed by atoms with Crippen molar-refractivity contribution in [3.8, 4) is 0 Å². The predicted molar refractivity (Wildman–Crippen MR) is 79.6 cm³/mol. The molecule has 4 heteroatoms. The Balaban J connectivity index is 1.96. The van der Waals surface area contributed by atoms with Crippen molar-refractivity contribution in [1.82, 2.24) is 4.90 Å². The van der Waals surface area contributed by atoms with Crippen LogP contribution in [0.2, 0.25) is 0 Å². The zero-order chi connectivity index (χ0) is 14.5. The first-order chi connectivity index (χ1) is 9.54. The number of nitrogens with one attached hydrogen (secondary N) is 1. The summed E-state index contributed by atoms with van der Waals surface area (Å²) in [6.07, 6.45) is 3.56. The molecule has 0 aliphatic carbocycles. The van der Waals surface area contributed by atoms with Gasteiger partial charge in [0.05, 0.1) is 6.54 Å². The number of nitrogens with zero attached hydrogens (tertiary/aromatic N) is 1. The first-order valence-electron chi connectivity index (χ1n) is 7.20. The third kappa shape index (κ3) is 4.08. The maximum absolute atomic E-state index is 12.1. The number of hydrogen-bond donors (Lipinski definition) is 1. The van der Waals surface area contributed by atoms with E-state index in [4.69, 9.17) is 0 Å². The van der Waals surface area contributed by atoms with Crippen molar-refractivity contribution >= 4 is 17.5 Å². The van der Waals surface area contributed by atoms with Gasteiger partial charge in [-0.05, 0) is 49.9 Å². The monoisotopic (exact) mass is 274 g/mol. The van der Waals surface area contributed by atoms with Gasteiger partial charge in [-0.1, -0.05) is 12.5 Å². The van der Waals surface area contributed by atoms with E-state index >= 15 is 0 Å². The van der Waals surface area contributed by atoms with Gasteiger partial charge in [-0.2, -0.15) is 0 Å². The Labute approximate surface area is 120 Å². The average Bonchev–Trinajstić information content (AvgIpc) is 2.53. The molecule has 1 fully saturated rings. The number of benzene rings is 1. The molecule has 0 saturated carbocycles. The molecule has 0 radical (unpaired) electrons. The van der Waals surface area contributed by atoms with Crippen molar-refractivity contribution in [1.29, 1.82) is 0 Å². The maximum Gasteiger partial charge on any atom is 0.243 e. The molecule has 20 heavy (non-hydrogen) atoms. The number of amides is 2. The molecule has 1 aliphatic rings. The average molecular weight is 274 g/mol. The molecule has 1 saturated heterocycles. The van der Waals surface area contributed by atoms with Crippen LogP contribution in [0.25, 0.3) is 0 Å². The number of rotatable bonds is 3. The SMILES string of the molecule is Cc1cc(C)cc(NC(=O)CN2CCCCCC2=O)c1. The summed E-state index contributed by atoms with van der Waals surface area (Å²) in [4.78, 5) is 25.6. The Hall–Kier alpha value is -1.84. The van der Waals surface area contributed by atoms with Gasteiger partial charge in [-0.15, -0.1) is 0 Å². The number of likely N-dealkylation sites (tertiary alicyclic amines) is 1. The Morgan fingerprint density at radius 3 is 2.55 bits per heavy atom. The molecule has 1 heterocycles. The van der Waals surface area contributed by atoms with E-state index in [1.165, 1.54) is 0 Å². The quantitative estimate of drug-likeness (QED) is 0.921. The number of anilines is 1. The first kappa shape index (κ1) is 14.6. The summed E-state index contributed by atoms with van der Waals surface area (Å²) in [7, 11) is 0. The summed E-state index contributed by atoms with van der Waals surface area (Å²) in [5.74, 6) is -0.0247. The van der Waals surface area contributed by atoms with Gasteiger partial charge >= 0.3 is 0 Å². The van der Waals surface area contributed by atoms with E-state index in [2.05, 4.69) is 11.4 Å². The second-order valence-corrected chi connectivity index (χ2v) is 5.55. The fourth-order valence-electron chi connectivity index (χ4n) is 2.63. The van der Waals surface area contributed by atoms with Gasteiger partial charge in [0.1, 0.15) is 0 Å². The van der Waals surface area contributed by atoms with Crippen LogP contribution in [0.5, 0.6) is 0 Å². The summed E-state index contributed by atoms with van der Waals surface area (Å²) in [5, 5.41) is 2.88. The van der Waals surface area contributed by atoms with Crippen LogP contribution >= 0.6 is 0 Å². The highest BCUT2D eigenvalue weighted by Gasteiger charge is 2.19. The van der Waals surface area contributed by atoms with E-state index in [9.17, 15) is 9.59 Å². The summed E-state index contributed by atoms with van der Waals surface area (Å²) in [5.41, 5.74) is 3.03. The standard InChI is InChI=1S/C16H22N2O2/c1-12-8-13(2)10-14(9-12)17-15(19)11-18-7-5-3-4-6-16(18)20/h8-10H,3-7,11H2,1-2H3,(H,17,19). The van der Waals surface area contributed by atoms with Gasteiger partial charge in [0.25, 0.3) is 0 Å². The second-order valence-electron chi connectivity index (χ2n) is 5.55. The van der Waals surface area contributed by atoms with Gasteiger partial charge in [0, 0.05) is 18.7 Å². The van der Waals surface area contributed by atoms with Crippen molar-refractivity contribution in [2.24, 2.45) is 0 Å². The highest BCUT2D eigenvalue weighted by atomic mass is 16.2. The highest BCUT2D eigenvalue weighted by molar-refractivity contribution is 5.94. The van der Waals surface area contributed by atoms with Gasteiger partial charge in [-0.25, -0.2) is 0 Å². The molecule has 1 aromatic carbocycles. The molecule has 1 aromatic rings. The fraction of sp³-hybridized carbons (Fsp3) is 0.500. The Kier molecular flexibility index (Phi) is 4.77. The van der Waals surface area contributed by atoms with E-state index in [-0.39, 0.29) is 18.4 Å². The summed E-state index contributed by atoms with van der Waals surface area (Å²) < 4.78 is 0. The smallest absolute Gasteiger partial charge is 0.243 e. The molecule has 0 aromatic heterocycles. The molecule has 108 valence electrons. The largest absolute Gasteiger partial charge is 0.333 e. The van der Waals surface area contributed by atoms with Crippen LogP contribution in [-0.2, 0) is 9.59 Å². The number of carbonyl (C=O) groups is 2. The minimum atomic E-state index is -0.120.